The summed E-state index contributed by atoms with van der Waals surface area (Å²) in [4.78, 5) is 15.5. The Bertz CT molecular complexity index is 716. The molecule has 7 heteroatoms. The zero-order valence-electron chi connectivity index (χ0n) is 12.1. The Kier molecular flexibility index (Phi) is 3.75. The van der Waals surface area contributed by atoms with Crippen LogP contribution < -0.4 is 0 Å². The molecule has 1 N–H and O–H groups in total. The van der Waals surface area contributed by atoms with Crippen LogP contribution in [0.15, 0.2) is 17.3 Å². The standard InChI is InChI=1S/C14H18N4O2S/c1-9-12-13(17(2)16-9)18(10-6-4-3-5-7-10)14(15-12)21-8-11(19)20/h3-4,10H,5-8H2,1-2H3,(H,19,20). The highest BCUT2D eigenvalue weighted by Gasteiger charge is 2.24. The molecule has 21 heavy (non-hydrogen) atoms. The van der Waals surface area contributed by atoms with Gasteiger partial charge in [-0.3, -0.25) is 9.48 Å². The Hall–Kier alpha value is -1.76. The van der Waals surface area contributed by atoms with Gasteiger partial charge in [0.1, 0.15) is 5.52 Å². The minimum absolute atomic E-state index is 0.0261. The summed E-state index contributed by atoms with van der Waals surface area (Å²) in [5.41, 5.74) is 2.75. The summed E-state index contributed by atoms with van der Waals surface area (Å²) in [7, 11) is 1.91. The van der Waals surface area contributed by atoms with E-state index in [2.05, 4.69) is 26.8 Å². The number of hydrogen-bond donors (Lipinski definition) is 1. The van der Waals surface area contributed by atoms with Crippen LogP contribution in [-0.2, 0) is 11.8 Å². The van der Waals surface area contributed by atoms with E-state index in [9.17, 15) is 4.79 Å². The van der Waals surface area contributed by atoms with Crippen LogP contribution in [0.2, 0.25) is 0 Å². The van der Waals surface area contributed by atoms with Crippen LogP contribution in [0.5, 0.6) is 0 Å². The lowest BCUT2D eigenvalue weighted by Crippen LogP contribution is -2.14. The molecule has 3 rings (SSSR count). The first-order valence-electron chi connectivity index (χ1n) is 6.99. The number of nitrogens with zero attached hydrogens (tertiary/aromatic N) is 4. The van der Waals surface area contributed by atoms with E-state index in [4.69, 9.17) is 5.11 Å². The van der Waals surface area contributed by atoms with E-state index < -0.39 is 5.97 Å². The molecule has 0 spiro atoms. The smallest absolute Gasteiger partial charge is 0.313 e. The zero-order valence-corrected chi connectivity index (χ0v) is 12.9. The highest BCUT2D eigenvalue weighted by molar-refractivity contribution is 7.99. The number of aryl methyl sites for hydroxylation is 2. The van der Waals surface area contributed by atoms with Crippen molar-refractivity contribution in [3.63, 3.8) is 0 Å². The third-order valence-corrected chi connectivity index (χ3v) is 4.67. The highest BCUT2D eigenvalue weighted by atomic mass is 32.2. The molecule has 0 aromatic carbocycles. The molecule has 1 aliphatic rings. The third-order valence-electron chi connectivity index (χ3n) is 3.73. The number of rotatable bonds is 4. The topological polar surface area (TPSA) is 72.9 Å². The molecule has 0 saturated heterocycles. The average Bonchev–Trinajstić information content (AvgIpc) is 2.96. The number of fused-ring (bicyclic) bond motifs is 1. The molecule has 0 amide bonds. The van der Waals surface area contributed by atoms with E-state index in [0.717, 1.165) is 41.3 Å². The fourth-order valence-electron chi connectivity index (χ4n) is 2.85. The third kappa shape index (κ3) is 2.57. The largest absolute Gasteiger partial charge is 0.481 e. The van der Waals surface area contributed by atoms with Gasteiger partial charge >= 0.3 is 5.97 Å². The Morgan fingerprint density at radius 2 is 2.33 bits per heavy atom. The van der Waals surface area contributed by atoms with E-state index in [1.54, 1.807) is 0 Å². The van der Waals surface area contributed by atoms with Crippen LogP contribution >= 0.6 is 11.8 Å². The molecule has 0 aliphatic heterocycles. The minimum Gasteiger partial charge on any atom is -0.481 e. The van der Waals surface area contributed by atoms with E-state index in [1.165, 1.54) is 11.8 Å². The predicted molar refractivity (Wildman–Crippen MR) is 81.6 cm³/mol. The SMILES string of the molecule is Cc1nn(C)c2c1nc(SCC(=O)O)n2C1CC=CCC1. The van der Waals surface area contributed by atoms with Crippen molar-refractivity contribution in [2.75, 3.05) is 5.75 Å². The van der Waals surface area contributed by atoms with Gasteiger partial charge in [-0.2, -0.15) is 5.10 Å². The van der Waals surface area contributed by atoms with Gasteiger partial charge in [-0.1, -0.05) is 23.9 Å². The number of thioether (sulfide) groups is 1. The molecule has 1 unspecified atom stereocenters. The predicted octanol–water partition coefficient (Wildman–Crippen LogP) is 2.54. The number of aliphatic carboxylic acids is 1. The number of allylic oxidation sites excluding steroid dienone is 2. The van der Waals surface area contributed by atoms with Crippen molar-refractivity contribution in [3.05, 3.63) is 17.8 Å². The van der Waals surface area contributed by atoms with Gasteiger partial charge in [-0.05, 0) is 26.2 Å². The van der Waals surface area contributed by atoms with Crippen molar-refractivity contribution in [3.8, 4) is 0 Å². The lowest BCUT2D eigenvalue weighted by atomic mass is 10.0. The molecule has 0 saturated carbocycles. The maximum absolute atomic E-state index is 10.9. The van der Waals surface area contributed by atoms with Crippen LogP contribution in [0.3, 0.4) is 0 Å². The quantitative estimate of drug-likeness (QED) is 0.694. The summed E-state index contributed by atoms with van der Waals surface area (Å²) in [5.74, 6) is -0.796. The number of aromatic nitrogens is 4. The van der Waals surface area contributed by atoms with E-state index in [1.807, 2.05) is 18.7 Å². The number of imidazole rings is 1. The molecule has 2 heterocycles. The van der Waals surface area contributed by atoms with Gasteiger partial charge < -0.3 is 9.67 Å². The van der Waals surface area contributed by atoms with Gasteiger partial charge in [0.05, 0.1) is 11.4 Å². The second-order valence-electron chi connectivity index (χ2n) is 5.27. The van der Waals surface area contributed by atoms with Crippen LogP contribution in [0.25, 0.3) is 11.2 Å². The normalized spacial score (nSPS) is 18.5. The minimum atomic E-state index is -0.822. The zero-order chi connectivity index (χ0) is 15.0. The van der Waals surface area contributed by atoms with Gasteiger partial charge in [-0.25, -0.2) is 4.98 Å². The van der Waals surface area contributed by atoms with Crippen molar-refractivity contribution in [1.29, 1.82) is 0 Å². The fourth-order valence-corrected chi connectivity index (χ4v) is 3.63. The molecule has 1 aliphatic carbocycles. The molecule has 0 bridgehead atoms. The Morgan fingerprint density at radius 1 is 1.52 bits per heavy atom. The molecule has 0 fully saturated rings. The first kappa shape index (κ1) is 14.2. The second-order valence-corrected chi connectivity index (χ2v) is 6.21. The van der Waals surface area contributed by atoms with Gasteiger partial charge in [0, 0.05) is 13.1 Å². The summed E-state index contributed by atoms with van der Waals surface area (Å²) >= 11 is 1.28. The van der Waals surface area contributed by atoms with Gasteiger partial charge in [0.25, 0.3) is 0 Å². The molecular weight excluding hydrogens is 288 g/mol. The summed E-state index contributed by atoms with van der Waals surface area (Å²) in [6, 6.07) is 0.325. The van der Waals surface area contributed by atoms with Crippen molar-refractivity contribution >= 4 is 28.9 Å². The first-order chi connectivity index (χ1) is 10.1. The fraction of sp³-hybridized carbons (Fsp3) is 0.500. The van der Waals surface area contributed by atoms with Crippen molar-refractivity contribution in [2.24, 2.45) is 7.05 Å². The van der Waals surface area contributed by atoms with Crippen LogP contribution in [0.1, 0.15) is 31.0 Å². The van der Waals surface area contributed by atoms with E-state index in [-0.39, 0.29) is 5.75 Å². The van der Waals surface area contributed by atoms with Crippen LogP contribution in [0.4, 0.5) is 0 Å². The van der Waals surface area contributed by atoms with Crippen LogP contribution in [0, 0.1) is 6.92 Å². The van der Waals surface area contributed by atoms with E-state index >= 15 is 0 Å². The summed E-state index contributed by atoms with van der Waals surface area (Å²) in [6.07, 6.45) is 7.44. The first-order valence-corrected chi connectivity index (χ1v) is 7.97. The Balaban J connectivity index is 2.09. The summed E-state index contributed by atoms with van der Waals surface area (Å²) in [6.45, 7) is 1.94. The lowest BCUT2D eigenvalue weighted by molar-refractivity contribution is -0.133. The molecule has 0 radical (unpaired) electrons. The van der Waals surface area contributed by atoms with E-state index in [0.29, 0.717) is 6.04 Å². The summed E-state index contributed by atoms with van der Waals surface area (Å²) < 4.78 is 4.02. The molecular formula is C14H18N4O2S. The molecule has 2 aromatic heterocycles. The van der Waals surface area contributed by atoms with Gasteiger partial charge in [0.2, 0.25) is 0 Å². The van der Waals surface area contributed by atoms with Crippen molar-refractivity contribution in [2.45, 2.75) is 37.4 Å². The second kappa shape index (κ2) is 5.55. The molecule has 1 atom stereocenters. The molecule has 2 aromatic rings. The summed E-state index contributed by atoms with van der Waals surface area (Å²) in [5, 5.41) is 14.1. The maximum Gasteiger partial charge on any atom is 0.313 e. The number of carbonyl (C=O) groups is 1. The van der Waals surface area contributed by atoms with Crippen LogP contribution in [-0.4, -0.2) is 36.2 Å². The Labute approximate surface area is 126 Å². The average molecular weight is 306 g/mol. The maximum atomic E-state index is 10.9. The van der Waals surface area contributed by atoms with Crippen molar-refractivity contribution < 1.29 is 9.90 Å². The van der Waals surface area contributed by atoms with Gasteiger partial charge in [0.15, 0.2) is 10.8 Å². The number of carboxylic acids is 1. The van der Waals surface area contributed by atoms with Gasteiger partial charge in [-0.15, -0.1) is 0 Å². The highest BCUT2D eigenvalue weighted by Crippen LogP contribution is 2.34. The molecule has 112 valence electrons. The van der Waals surface area contributed by atoms with Crippen molar-refractivity contribution in [1.82, 2.24) is 19.3 Å². The number of carboxylic acid groups (broad SMARTS) is 1. The Morgan fingerprint density at radius 3 is 3.00 bits per heavy atom. The monoisotopic (exact) mass is 306 g/mol. The lowest BCUT2D eigenvalue weighted by Gasteiger charge is -2.22. The number of hydrogen-bond acceptors (Lipinski definition) is 4. The molecule has 6 nitrogen and oxygen atoms in total.